The second kappa shape index (κ2) is 16.2. The SMILES string of the molecule is C/C(=C\[C@H](C(C)C)N(C)C(=O)[C@@H](NC(=O)[C@H]1CCCCN1C(C)C)C(C)C)C(=O)N1CCC[C@H]1C(=O)OCc1ccccc1. The minimum absolute atomic E-state index is 0.00945. The van der Waals surface area contributed by atoms with Crippen LogP contribution in [0.3, 0.4) is 0 Å². The lowest BCUT2D eigenvalue weighted by Gasteiger charge is -2.39. The fourth-order valence-electron chi connectivity index (χ4n) is 6.37. The molecule has 1 aromatic carbocycles. The van der Waals surface area contributed by atoms with Gasteiger partial charge in [0.15, 0.2) is 0 Å². The second-order valence-corrected chi connectivity index (χ2v) is 13.4. The summed E-state index contributed by atoms with van der Waals surface area (Å²) in [6.07, 6.45) is 5.97. The Morgan fingerprint density at radius 3 is 2.20 bits per heavy atom. The Kier molecular flexibility index (Phi) is 13.0. The summed E-state index contributed by atoms with van der Waals surface area (Å²) in [4.78, 5) is 59.4. The third kappa shape index (κ3) is 8.93. The van der Waals surface area contributed by atoms with Gasteiger partial charge >= 0.3 is 5.97 Å². The first-order valence-corrected chi connectivity index (χ1v) is 16.4. The normalized spacial score (nSPS) is 21.0. The number of carbonyl (C=O) groups excluding carboxylic acids is 4. The van der Waals surface area contributed by atoms with Gasteiger partial charge in [0.1, 0.15) is 18.7 Å². The monoisotopic (exact) mass is 610 g/mol. The minimum Gasteiger partial charge on any atom is -0.459 e. The lowest BCUT2D eigenvalue weighted by Crippen LogP contribution is -2.58. The highest BCUT2D eigenvalue weighted by Gasteiger charge is 2.38. The van der Waals surface area contributed by atoms with Gasteiger partial charge in [-0.1, -0.05) is 70.5 Å². The zero-order valence-corrected chi connectivity index (χ0v) is 28.0. The first kappa shape index (κ1) is 35.3. The van der Waals surface area contributed by atoms with Gasteiger partial charge in [-0.3, -0.25) is 19.3 Å². The largest absolute Gasteiger partial charge is 0.459 e. The maximum Gasteiger partial charge on any atom is 0.329 e. The number of hydrogen-bond donors (Lipinski definition) is 1. The Morgan fingerprint density at radius 2 is 1.59 bits per heavy atom. The number of hydrogen-bond acceptors (Lipinski definition) is 6. The number of piperidine rings is 1. The molecule has 0 unspecified atom stereocenters. The molecule has 0 spiro atoms. The molecule has 3 rings (SSSR count). The van der Waals surface area contributed by atoms with Gasteiger partial charge in [-0.05, 0) is 70.4 Å². The number of nitrogens with one attached hydrogen (secondary N) is 1. The van der Waals surface area contributed by atoms with Crippen LogP contribution in [0.2, 0.25) is 0 Å². The molecule has 3 amide bonds. The van der Waals surface area contributed by atoms with Crippen LogP contribution >= 0.6 is 0 Å². The van der Waals surface area contributed by atoms with E-state index in [1.54, 1.807) is 23.8 Å². The molecule has 0 saturated carbocycles. The fourth-order valence-corrected chi connectivity index (χ4v) is 6.37. The predicted molar refractivity (Wildman–Crippen MR) is 172 cm³/mol. The van der Waals surface area contributed by atoms with Gasteiger partial charge in [0, 0.05) is 25.2 Å². The summed E-state index contributed by atoms with van der Waals surface area (Å²) in [5, 5.41) is 3.09. The van der Waals surface area contributed by atoms with E-state index < -0.39 is 18.1 Å². The van der Waals surface area contributed by atoms with Gasteiger partial charge in [-0.2, -0.15) is 0 Å². The highest BCUT2D eigenvalue weighted by Crippen LogP contribution is 2.24. The quantitative estimate of drug-likeness (QED) is 0.275. The molecule has 4 atom stereocenters. The van der Waals surface area contributed by atoms with E-state index in [1.165, 1.54) is 0 Å². The van der Waals surface area contributed by atoms with Crippen molar-refractivity contribution in [1.29, 1.82) is 0 Å². The molecular weight excluding hydrogens is 556 g/mol. The van der Waals surface area contributed by atoms with Crippen LogP contribution in [0, 0.1) is 11.8 Å². The third-order valence-corrected chi connectivity index (χ3v) is 8.99. The molecule has 2 saturated heterocycles. The number of esters is 1. The van der Waals surface area contributed by atoms with Crippen LogP contribution in [0.5, 0.6) is 0 Å². The van der Waals surface area contributed by atoms with E-state index in [4.69, 9.17) is 4.74 Å². The van der Waals surface area contributed by atoms with E-state index in [0.29, 0.717) is 18.5 Å². The molecule has 9 nitrogen and oxygen atoms in total. The number of nitrogens with zero attached hydrogens (tertiary/aromatic N) is 3. The molecule has 244 valence electrons. The Hall–Kier alpha value is -3.20. The van der Waals surface area contributed by atoms with Gasteiger partial charge in [0.2, 0.25) is 17.7 Å². The van der Waals surface area contributed by atoms with Crippen LogP contribution in [0.25, 0.3) is 0 Å². The van der Waals surface area contributed by atoms with Crippen molar-refractivity contribution in [1.82, 2.24) is 20.0 Å². The van der Waals surface area contributed by atoms with Crippen LogP contribution in [0.15, 0.2) is 42.0 Å². The van der Waals surface area contributed by atoms with Gasteiger partial charge in [0.05, 0.1) is 12.1 Å². The Balaban J connectivity index is 1.71. The molecule has 0 radical (unpaired) electrons. The van der Waals surface area contributed by atoms with Crippen LogP contribution in [0.4, 0.5) is 0 Å². The van der Waals surface area contributed by atoms with Gasteiger partial charge in [0.25, 0.3) is 0 Å². The van der Waals surface area contributed by atoms with Crippen molar-refractivity contribution in [2.24, 2.45) is 11.8 Å². The second-order valence-electron chi connectivity index (χ2n) is 13.4. The minimum atomic E-state index is -0.684. The lowest BCUT2D eigenvalue weighted by atomic mass is 9.95. The molecule has 2 aliphatic heterocycles. The van der Waals surface area contributed by atoms with Crippen molar-refractivity contribution >= 4 is 23.7 Å². The van der Waals surface area contributed by atoms with Crippen LogP contribution in [-0.4, -0.2) is 88.7 Å². The molecule has 9 heteroatoms. The number of likely N-dealkylation sites (N-methyl/N-ethyl adjacent to an activating group) is 1. The van der Waals surface area contributed by atoms with Gasteiger partial charge in [-0.25, -0.2) is 4.79 Å². The van der Waals surface area contributed by atoms with E-state index in [-0.39, 0.29) is 54.3 Å². The van der Waals surface area contributed by atoms with Crippen molar-refractivity contribution in [2.45, 2.75) is 117 Å². The average molecular weight is 611 g/mol. The summed E-state index contributed by atoms with van der Waals surface area (Å²) < 4.78 is 5.56. The molecule has 0 aromatic heterocycles. The Labute approximate surface area is 264 Å². The summed E-state index contributed by atoms with van der Waals surface area (Å²) in [5.74, 6) is -1.01. The molecule has 2 aliphatic rings. The first-order valence-electron chi connectivity index (χ1n) is 16.4. The Morgan fingerprint density at radius 1 is 0.932 bits per heavy atom. The maximum atomic E-state index is 13.9. The Bertz CT molecular complexity index is 1160. The molecule has 44 heavy (non-hydrogen) atoms. The van der Waals surface area contributed by atoms with E-state index in [0.717, 1.165) is 37.8 Å². The molecule has 1 aromatic rings. The zero-order valence-electron chi connectivity index (χ0n) is 28.0. The summed E-state index contributed by atoms with van der Waals surface area (Å²) in [6.45, 7) is 15.4. The van der Waals surface area contributed by atoms with Crippen molar-refractivity contribution in [3.05, 3.63) is 47.5 Å². The van der Waals surface area contributed by atoms with Crippen molar-refractivity contribution in [3.8, 4) is 0 Å². The number of likely N-dealkylation sites (tertiary alicyclic amines) is 2. The number of carbonyl (C=O) groups is 4. The van der Waals surface area contributed by atoms with E-state index in [9.17, 15) is 19.2 Å². The molecule has 0 bridgehead atoms. The average Bonchev–Trinajstić information content (AvgIpc) is 3.50. The molecule has 1 N–H and O–H groups in total. The van der Waals surface area contributed by atoms with Crippen molar-refractivity contribution in [3.63, 3.8) is 0 Å². The van der Waals surface area contributed by atoms with E-state index in [2.05, 4.69) is 24.1 Å². The molecule has 2 heterocycles. The van der Waals surface area contributed by atoms with Crippen molar-refractivity contribution < 1.29 is 23.9 Å². The number of benzene rings is 1. The number of rotatable bonds is 12. The zero-order chi connectivity index (χ0) is 32.6. The summed E-state index contributed by atoms with van der Waals surface area (Å²) >= 11 is 0. The standard InChI is InChI=1S/C35H54N4O5/c1-23(2)30(37(8)34(42)31(24(3)4)36-32(40)28-17-12-13-19-38(28)25(5)6)21-26(7)33(41)39-20-14-18-29(39)35(43)44-22-27-15-10-9-11-16-27/h9-11,15-16,21,23-25,28-31H,12-14,17-20,22H2,1-8H3,(H,36,40)/b26-21+/t28-,29+,30-,31+/m1/s1. The van der Waals surface area contributed by atoms with Crippen molar-refractivity contribution in [2.75, 3.05) is 20.1 Å². The van der Waals surface area contributed by atoms with Crippen LogP contribution in [-0.2, 0) is 30.5 Å². The first-order chi connectivity index (χ1) is 20.8. The topological polar surface area (TPSA) is 99.3 Å². The molecular formula is C35H54N4O5. The summed E-state index contributed by atoms with van der Waals surface area (Å²) in [5.41, 5.74) is 1.37. The molecule has 0 aliphatic carbocycles. The lowest BCUT2D eigenvalue weighted by molar-refractivity contribution is -0.153. The smallest absolute Gasteiger partial charge is 0.329 e. The third-order valence-electron chi connectivity index (χ3n) is 8.99. The highest BCUT2D eigenvalue weighted by molar-refractivity contribution is 5.96. The van der Waals surface area contributed by atoms with Gasteiger partial charge < -0.3 is 19.9 Å². The maximum absolute atomic E-state index is 13.9. The van der Waals surface area contributed by atoms with E-state index >= 15 is 0 Å². The molecule has 2 fully saturated rings. The number of ether oxygens (including phenoxy) is 1. The fraction of sp³-hybridized carbons (Fsp3) is 0.657. The summed E-state index contributed by atoms with van der Waals surface area (Å²) in [7, 11) is 1.74. The summed E-state index contributed by atoms with van der Waals surface area (Å²) in [6, 6.07) is 7.81. The van der Waals surface area contributed by atoms with Crippen LogP contribution < -0.4 is 5.32 Å². The van der Waals surface area contributed by atoms with Gasteiger partial charge in [-0.15, -0.1) is 0 Å². The predicted octanol–water partition coefficient (Wildman–Crippen LogP) is 4.55. The highest BCUT2D eigenvalue weighted by atomic mass is 16.5. The number of amides is 3. The van der Waals surface area contributed by atoms with Crippen LogP contribution in [0.1, 0.15) is 86.1 Å². The van der Waals surface area contributed by atoms with E-state index in [1.807, 2.05) is 64.1 Å².